The predicted octanol–water partition coefficient (Wildman–Crippen LogP) is 3.35. The van der Waals surface area contributed by atoms with E-state index in [0.717, 1.165) is 16.9 Å². The highest BCUT2D eigenvalue weighted by Gasteiger charge is 2.31. The molecule has 0 radical (unpaired) electrons. The maximum absolute atomic E-state index is 12.7. The van der Waals surface area contributed by atoms with Gasteiger partial charge in [0.05, 0.1) is 12.3 Å². The number of rotatable bonds is 8. The van der Waals surface area contributed by atoms with Gasteiger partial charge >= 0.3 is 0 Å². The highest BCUT2D eigenvalue weighted by atomic mass is 32.2. The van der Waals surface area contributed by atoms with E-state index >= 15 is 0 Å². The highest BCUT2D eigenvalue weighted by molar-refractivity contribution is 7.88. The smallest absolute Gasteiger partial charge is 0.223 e. The Bertz CT molecular complexity index is 1010. The minimum Gasteiger partial charge on any atom is -0.492 e. The second-order valence-corrected chi connectivity index (χ2v) is 10.3. The van der Waals surface area contributed by atoms with E-state index in [4.69, 9.17) is 4.74 Å². The van der Waals surface area contributed by atoms with Gasteiger partial charge in [0.2, 0.25) is 15.9 Å². The Morgan fingerprint density at radius 2 is 1.81 bits per heavy atom. The topological polar surface area (TPSA) is 75.7 Å². The van der Waals surface area contributed by atoms with Crippen LogP contribution in [0.1, 0.15) is 35.1 Å². The van der Waals surface area contributed by atoms with Gasteiger partial charge in [-0.3, -0.25) is 4.79 Å². The van der Waals surface area contributed by atoms with Crippen LogP contribution >= 0.6 is 0 Å². The fraction of sp³-hybridized carbons (Fsp3) is 0.458. The van der Waals surface area contributed by atoms with Gasteiger partial charge in [0.25, 0.3) is 0 Å². The van der Waals surface area contributed by atoms with Crippen molar-refractivity contribution >= 4 is 15.9 Å². The van der Waals surface area contributed by atoms with E-state index in [1.165, 1.54) is 15.4 Å². The van der Waals surface area contributed by atoms with Crippen LogP contribution in [0.5, 0.6) is 5.75 Å². The molecule has 3 rings (SSSR count). The molecule has 1 N–H and O–H groups in total. The van der Waals surface area contributed by atoms with Gasteiger partial charge in [-0.05, 0) is 62.4 Å². The number of hydrogen-bond donors (Lipinski definition) is 1. The third-order valence-electron chi connectivity index (χ3n) is 5.80. The summed E-state index contributed by atoms with van der Waals surface area (Å²) in [5.41, 5.74) is 4.23. The molecule has 0 bridgehead atoms. The van der Waals surface area contributed by atoms with Crippen molar-refractivity contribution in [1.29, 1.82) is 0 Å². The highest BCUT2D eigenvalue weighted by Crippen LogP contribution is 2.22. The summed E-state index contributed by atoms with van der Waals surface area (Å²) in [4.78, 5) is 12.5. The van der Waals surface area contributed by atoms with E-state index in [-0.39, 0.29) is 17.6 Å². The summed E-state index contributed by atoms with van der Waals surface area (Å²) in [6.07, 6.45) is 1.08. The molecule has 1 fully saturated rings. The van der Waals surface area contributed by atoms with Crippen LogP contribution in [0.3, 0.4) is 0 Å². The van der Waals surface area contributed by atoms with Crippen molar-refractivity contribution in [2.45, 2.75) is 39.4 Å². The van der Waals surface area contributed by atoms with Crippen LogP contribution in [-0.4, -0.2) is 44.9 Å². The molecule has 0 spiro atoms. The maximum Gasteiger partial charge on any atom is 0.223 e. The first-order valence-electron chi connectivity index (χ1n) is 10.8. The lowest BCUT2D eigenvalue weighted by Crippen LogP contribution is -2.43. The molecule has 168 valence electrons. The molecule has 6 nitrogen and oxygen atoms in total. The standard InChI is InChI=1S/C24H32N2O4S/c1-18-5-4-6-21(15-18)17-31(28,29)26-12-9-22(10-13-26)24(27)25-11-14-30-23-8-7-19(2)20(3)16-23/h4-8,15-16,22H,9-14,17H2,1-3H3,(H,25,27). The predicted molar refractivity (Wildman–Crippen MR) is 123 cm³/mol. The normalized spacial score (nSPS) is 15.6. The number of carbonyl (C=O) groups is 1. The molecule has 2 aromatic rings. The molecule has 31 heavy (non-hydrogen) atoms. The number of hydrogen-bond acceptors (Lipinski definition) is 4. The Morgan fingerprint density at radius 1 is 1.06 bits per heavy atom. The van der Waals surface area contributed by atoms with Crippen LogP contribution < -0.4 is 10.1 Å². The van der Waals surface area contributed by atoms with Gasteiger partial charge in [-0.25, -0.2) is 12.7 Å². The first kappa shape index (κ1) is 23.3. The lowest BCUT2D eigenvalue weighted by molar-refractivity contribution is -0.126. The zero-order chi connectivity index (χ0) is 22.4. The molecule has 0 atom stereocenters. The van der Waals surface area contributed by atoms with Crippen LogP contribution in [0, 0.1) is 26.7 Å². The lowest BCUT2D eigenvalue weighted by Gasteiger charge is -2.30. The molecule has 0 aromatic heterocycles. The first-order valence-corrected chi connectivity index (χ1v) is 12.4. The fourth-order valence-electron chi connectivity index (χ4n) is 3.79. The number of nitrogens with one attached hydrogen (secondary N) is 1. The third-order valence-corrected chi connectivity index (χ3v) is 7.65. The Morgan fingerprint density at radius 3 is 2.48 bits per heavy atom. The molecule has 1 heterocycles. The Hall–Kier alpha value is -2.38. The zero-order valence-electron chi connectivity index (χ0n) is 18.6. The minimum atomic E-state index is -3.38. The van der Waals surface area contributed by atoms with Crippen molar-refractivity contribution in [2.24, 2.45) is 5.92 Å². The van der Waals surface area contributed by atoms with Crippen molar-refractivity contribution in [3.05, 3.63) is 64.7 Å². The lowest BCUT2D eigenvalue weighted by atomic mass is 9.97. The summed E-state index contributed by atoms with van der Waals surface area (Å²) in [6.45, 7) is 7.63. The van der Waals surface area contributed by atoms with Crippen LogP contribution in [0.2, 0.25) is 0 Å². The van der Waals surface area contributed by atoms with Gasteiger partial charge in [-0.2, -0.15) is 0 Å². The van der Waals surface area contributed by atoms with E-state index in [1.807, 2.05) is 56.3 Å². The average Bonchev–Trinajstić information content (AvgIpc) is 2.73. The monoisotopic (exact) mass is 444 g/mol. The van der Waals surface area contributed by atoms with Gasteiger partial charge in [-0.15, -0.1) is 0 Å². The van der Waals surface area contributed by atoms with Crippen LogP contribution in [0.4, 0.5) is 0 Å². The van der Waals surface area contributed by atoms with Crippen molar-refractivity contribution in [3.63, 3.8) is 0 Å². The first-order chi connectivity index (χ1) is 14.7. The summed E-state index contributed by atoms with van der Waals surface area (Å²) in [5, 5.41) is 2.92. The Balaban J connectivity index is 1.41. The number of aryl methyl sites for hydroxylation is 3. The molecule has 0 aliphatic carbocycles. The van der Waals surface area contributed by atoms with Crippen molar-refractivity contribution in [1.82, 2.24) is 9.62 Å². The molecule has 1 saturated heterocycles. The number of ether oxygens (including phenoxy) is 1. The van der Waals surface area contributed by atoms with Crippen molar-refractivity contribution in [2.75, 3.05) is 26.2 Å². The van der Waals surface area contributed by atoms with Crippen LogP contribution in [0.25, 0.3) is 0 Å². The fourth-order valence-corrected chi connectivity index (χ4v) is 5.34. The average molecular weight is 445 g/mol. The molecule has 0 saturated carbocycles. The largest absolute Gasteiger partial charge is 0.492 e. The molecular weight excluding hydrogens is 412 g/mol. The van der Waals surface area contributed by atoms with E-state index < -0.39 is 10.0 Å². The maximum atomic E-state index is 12.7. The number of piperidine rings is 1. The number of amides is 1. The summed E-state index contributed by atoms with van der Waals surface area (Å²) in [5.74, 6) is 0.609. The second-order valence-electron chi connectivity index (χ2n) is 8.30. The number of benzene rings is 2. The quantitative estimate of drug-likeness (QED) is 0.634. The summed E-state index contributed by atoms with van der Waals surface area (Å²) < 4.78 is 32.7. The van der Waals surface area contributed by atoms with Crippen LogP contribution in [-0.2, 0) is 20.6 Å². The van der Waals surface area contributed by atoms with E-state index in [0.29, 0.717) is 39.1 Å². The molecular formula is C24H32N2O4S. The molecule has 1 aliphatic heterocycles. The van der Waals surface area contributed by atoms with Crippen molar-refractivity contribution < 1.29 is 17.9 Å². The molecule has 7 heteroatoms. The summed E-state index contributed by atoms with van der Waals surface area (Å²) >= 11 is 0. The molecule has 1 aliphatic rings. The molecule has 1 amide bonds. The van der Waals surface area contributed by atoms with Gasteiger partial charge in [0.1, 0.15) is 12.4 Å². The Labute approximate surface area is 185 Å². The van der Waals surface area contributed by atoms with Gasteiger partial charge in [0.15, 0.2) is 0 Å². The van der Waals surface area contributed by atoms with Crippen LogP contribution in [0.15, 0.2) is 42.5 Å². The number of nitrogens with zero attached hydrogens (tertiary/aromatic N) is 1. The third kappa shape index (κ3) is 6.55. The van der Waals surface area contributed by atoms with Gasteiger partial charge in [0, 0.05) is 19.0 Å². The van der Waals surface area contributed by atoms with E-state index in [2.05, 4.69) is 12.2 Å². The van der Waals surface area contributed by atoms with Gasteiger partial charge in [-0.1, -0.05) is 35.9 Å². The summed E-state index contributed by atoms with van der Waals surface area (Å²) in [6, 6.07) is 13.5. The van der Waals surface area contributed by atoms with Crippen molar-refractivity contribution in [3.8, 4) is 5.75 Å². The van der Waals surface area contributed by atoms with Gasteiger partial charge < -0.3 is 10.1 Å². The number of sulfonamides is 1. The number of carbonyl (C=O) groups excluding carboxylic acids is 1. The zero-order valence-corrected chi connectivity index (χ0v) is 19.4. The minimum absolute atomic E-state index is 0.00136. The molecule has 2 aromatic carbocycles. The SMILES string of the molecule is Cc1cccc(CS(=O)(=O)N2CCC(C(=O)NCCOc3ccc(C)c(C)c3)CC2)c1. The van der Waals surface area contributed by atoms with E-state index in [1.54, 1.807) is 0 Å². The Kier molecular flexibility index (Phi) is 7.73. The van der Waals surface area contributed by atoms with E-state index in [9.17, 15) is 13.2 Å². The summed E-state index contributed by atoms with van der Waals surface area (Å²) in [7, 11) is -3.38. The molecule has 0 unspecified atom stereocenters. The second kappa shape index (κ2) is 10.3.